The SMILES string of the molecule is CCOc1ccc(C(OCC)C(C)=O)cc1. The van der Waals surface area contributed by atoms with E-state index in [1.165, 1.54) is 6.92 Å². The van der Waals surface area contributed by atoms with Crippen LogP contribution >= 0.6 is 0 Å². The maximum Gasteiger partial charge on any atom is 0.163 e. The van der Waals surface area contributed by atoms with Crippen molar-refractivity contribution in [2.75, 3.05) is 13.2 Å². The summed E-state index contributed by atoms with van der Waals surface area (Å²) in [4.78, 5) is 11.4. The molecular formula is C13H18O3. The Morgan fingerprint density at radius 2 is 1.81 bits per heavy atom. The highest BCUT2D eigenvalue weighted by Crippen LogP contribution is 2.21. The first kappa shape index (κ1) is 12.7. The van der Waals surface area contributed by atoms with Crippen molar-refractivity contribution in [3.05, 3.63) is 29.8 Å². The summed E-state index contributed by atoms with van der Waals surface area (Å²) in [7, 11) is 0. The van der Waals surface area contributed by atoms with Crippen LogP contribution in [0.25, 0.3) is 0 Å². The van der Waals surface area contributed by atoms with Gasteiger partial charge in [0.15, 0.2) is 5.78 Å². The molecule has 1 atom stereocenters. The van der Waals surface area contributed by atoms with E-state index in [4.69, 9.17) is 9.47 Å². The first-order valence-electron chi connectivity index (χ1n) is 5.53. The molecule has 0 aliphatic carbocycles. The van der Waals surface area contributed by atoms with E-state index in [9.17, 15) is 4.79 Å². The zero-order valence-electron chi connectivity index (χ0n) is 10.0. The lowest BCUT2D eigenvalue weighted by molar-refractivity contribution is -0.128. The van der Waals surface area contributed by atoms with Crippen LogP contribution in [0.1, 0.15) is 32.4 Å². The standard InChI is InChI=1S/C13H18O3/c1-4-15-12-8-6-11(7-9-12)13(10(3)14)16-5-2/h6-9,13H,4-5H2,1-3H3. The molecular weight excluding hydrogens is 204 g/mol. The van der Waals surface area contributed by atoms with Crippen molar-refractivity contribution < 1.29 is 14.3 Å². The van der Waals surface area contributed by atoms with Gasteiger partial charge in [-0.1, -0.05) is 12.1 Å². The summed E-state index contributed by atoms with van der Waals surface area (Å²) in [6.45, 7) is 6.52. The molecule has 0 heterocycles. The molecule has 3 heteroatoms. The Balaban J connectivity index is 2.81. The van der Waals surface area contributed by atoms with E-state index < -0.39 is 6.10 Å². The summed E-state index contributed by atoms with van der Waals surface area (Å²) in [5, 5.41) is 0. The van der Waals surface area contributed by atoms with Crippen LogP contribution in [0.5, 0.6) is 5.75 Å². The number of hydrogen-bond acceptors (Lipinski definition) is 3. The number of carbonyl (C=O) groups excluding carboxylic acids is 1. The largest absolute Gasteiger partial charge is 0.494 e. The number of hydrogen-bond donors (Lipinski definition) is 0. The second kappa shape index (κ2) is 6.28. The van der Waals surface area contributed by atoms with Crippen LogP contribution in [0.4, 0.5) is 0 Å². The molecule has 0 amide bonds. The Labute approximate surface area is 96.4 Å². The van der Waals surface area contributed by atoms with Crippen LogP contribution in [0.2, 0.25) is 0 Å². The molecule has 0 aromatic heterocycles. The van der Waals surface area contributed by atoms with Gasteiger partial charge in [0.25, 0.3) is 0 Å². The van der Waals surface area contributed by atoms with E-state index in [-0.39, 0.29) is 5.78 Å². The zero-order valence-corrected chi connectivity index (χ0v) is 10.0. The number of carbonyl (C=O) groups is 1. The van der Waals surface area contributed by atoms with Gasteiger partial charge in [0.2, 0.25) is 0 Å². The molecule has 0 aliphatic rings. The highest BCUT2D eigenvalue weighted by Gasteiger charge is 2.16. The fraction of sp³-hybridized carbons (Fsp3) is 0.462. The van der Waals surface area contributed by atoms with Gasteiger partial charge >= 0.3 is 0 Å². The Kier molecular flexibility index (Phi) is 4.99. The molecule has 0 fully saturated rings. The third-order valence-electron chi connectivity index (χ3n) is 2.20. The van der Waals surface area contributed by atoms with Crippen LogP contribution in [-0.4, -0.2) is 19.0 Å². The minimum absolute atomic E-state index is 0.0195. The van der Waals surface area contributed by atoms with Crippen molar-refractivity contribution in [2.24, 2.45) is 0 Å². The van der Waals surface area contributed by atoms with Gasteiger partial charge in [0.05, 0.1) is 6.61 Å². The van der Waals surface area contributed by atoms with Gasteiger partial charge in [0.1, 0.15) is 11.9 Å². The molecule has 16 heavy (non-hydrogen) atoms. The summed E-state index contributed by atoms with van der Waals surface area (Å²) in [6.07, 6.45) is -0.458. The molecule has 0 saturated carbocycles. The highest BCUT2D eigenvalue weighted by atomic mass is 16.5. The summed E-state index contributed by atoms with van der Waals surface area (Å²) >= 11 is 0. The Morgan fingerprint density at radius 3 is 2.25 bits per heavy atom. The lowest BCUT2D eigenvalue weighted by Crippen LogP contribution is -2.12. The molecule has 0 spiro atoms. The molecule has 0 aliphatic heterocycles. The van der Waals surface area contributed by atoms with Gasteiger partial charge in [-0.15, -0.1) is 0 Å². The van der Waals surface area contributed by atoms with E-state index in [1.54, 1.807) is 0 Å². The first-order valence-corrected chi connectivity index (χ1v) is 5.53. The molecule has 1 unspecified atom stereocenters. The van der Waals surface area contributed by atoms with Crippen molar-refractivity contribution >= 4 is 5.78 Å². The number of ketones is 1. The van der Waals surface area contributed by atoms with Gasteiger partial charge in [-0.05, 0) is 38.5 Å². The second-order valence-corrected chi connectivity index (χ2v) is 3.45. The topological polar surface area (TPSA) is 35.5 Å². The predicted molar refractivity (Wildman–Crippen MR) is 62.7 cm³/mol. The minimum Gasteiger partial charge on any atom is -0.494 e. The first-order chi connectivity index (χ1) is 7.69. The van der Waals surface area contributed by atoms with Gasteiger partial charge in [-0.3, -0.25) is 4.79 Å². The second-order valence-electron chi connectivity index (χ2n) is 3.45. The van der Waals surface area contributed by atoms with E-state index >= 15 is 0 Å². The van der Waals surface area contributed by atoms with Gasteiger partial charge in [-0.25, -0.2) is 0 Å². The molecule has 3 nitrogen and oxygen atoms in total. The van der Waals surface area contributed by atoms with E-state index in [0.717, 1.165) is 11.3 Å². The van der Waals surface area contributed by atoms with Crippen LogP contribution in [0.3, 0.4) is 0 Å². The third kappa shape index (κ3) is 3.35. The van der Waals surface area contributed by atoms with Gasteiger partial charge < -0.3 is 9.47 Å². The zero-order chi connectivity index (χ0) is 12.0. The van der Waals surface area contributed by atoms with Crippen molar-refractivity contribution in [1.82, 2.24) is 0 Å². The Bertz CT molecular complexity index is 330. The Morgan fingerprint density at radius 1 is 1.19 bits per heavy atom. The van der Waals surface area contributed by atoms with Crippen LogP contribution < -0.4 is 4.74 Å². The van der Waals surface area contributed by atoms with Crippen LogP contribution in [0.15, 0.2) is 24.3 Å². The molecule has 0 bridgehead atoms. The fourth-order valence-corrected chi connectivity index (χ4v) is 1.52. The smallest absolute Gasteiger partial charge is 0.163 e. The lowest BCUT2D eigenvalue weighted by Gasteiger charge is -2.14. The quantitative estimate of drug-likeness (QED) is 0.742. The fourth-order valence-electron chi connectivity index (χ4n) is 1.52. The third-order valence-corrected chi connectivity index (χ3v) is 2.20. The predicted octanol–water partition coefficient (Wildman–Crippen LogP) is 2.75. The molecule has 1 rings (SSSR count). The normalized spacial score (nSPS) is 12.2. The summed E-state index contributed by atoms with van der Waals surface area (Å²) in [5.74, 6) is 0.830. The van der Waals surface area contributed by atoms with Crippen LogP contribution in [0, 0.1) is 0 Å². The number of benzene rings is 1. The van der Waals surface area contributed by atoms with Crippen molar-refractivity contribution in [3.8, 4) is 5.75 Å². The van der Waals surface area contributed by atoms with E-state index in [1.807, 2.05) is 38.1 Å². The average molecular weight is 222 g/mol. The van der Waals surface area contributed by atoms with Crippen molar-refractivity contribution in [3.63, 3.8) is 0 Å². The maximum absolute atomic E-state index is 11.4. The molecule has 0 radical (unpaired) electrons. The van der Waals surface area contributed by atoms with Gasteiger partial charge in [-0.2, -0.15) is 0 Å². The highest BCUT2D eigenvalue weighted by molar-refractivity contribution is 5.81. The lowest BCUT2D eigenvalue weighted by atomic mass is 10.1. The number of Topliss-reactive ketones (excluding diaryl/α,β-unsaturated/α-hetero) is 1. The minimum atomic E-state index is -0.458. The summed E-state index contributed by atoms with van der Waals surface area (Å²) in [5.41, 5.74) is 0.873. The van der Waals surface area contributed by atoms with Gasteiger partial charge in [0, 0.05) is 6.61 Å². The van der Waals surface area contributed by atoms with E-state index in [2.05, 4.69) is 0 Å². The molecule has 0 saturated heterocycles. The Hall–Kier alpha value is -1.35. The molecule has 1 aromatic carbocycles. The molecule has 1 aromatic rings. The summed E-state index contributed by atoms with van der Waals surface area (Å²) < 4.78 is 10.7. The van der Waals surface area contributed by atoms with Crippen LogP contribution in [-0.2, 0) is 9.53 Å². The average Bonchev–Trinajstić information content (AvgIpc) is 2.27. The number of ether oxygens (including phenoxy) is 2. The number of rotatable bonds is 6. The molecule has 0 N–H and O–H groups in total. The maximum atomic E-state index is 11.4. The monoisotopic (exact) mass is 222 g/mol. The summed E-state index contributed by atoms with van der Waals surface area (Å²) in [6, 6.07) is 7.45. The van der Waals surface area contributed by atoms with E-state index in [0.29, 0.717) is 13.2 Å². The molecule has 88 valence electrons. The van der Waals surface area contributed by atoms with Crippen molar-refractivity contribution in [2.45, 2.75) is 26.9 Å². The van der Waals surface area contributed by atoms with Crippen molar-refractivity contribution in [1.29, 1.82) is 0 Å².